The van der Waals surface area contributed by atoms with Gasteiger partial charge >= 0.3 is 5.97 Å². The zero-order valence-electron chi connectivity index (χ0n) is 16.9. The Bertz CT molecular complexity index is 1050. The molecular formula is C27H26O3. The van der Waals surface area contributed by atoms with Crippen molar-refractivity contribution >= 4 is 22.8 Å². The predicted octanol–water partition coefficient (Wildman–Crippen LogP) is 6.49. The molecule has 30 heavy (non-hydrogen) atoms. The van der Waals surface area contributed by atoms with Crippen LogP contribution in [0.4, 0.5) is 0 Å². The number of hydrogen-bond donors (Lipinski definition) is 1. The molecule has 2 unspecified atom stereocenters. The van der Waals surface area contributed by atoms with Gasteiger partial charge in [-0.05, 0) is 77.3 Å². The van der Waals surface area contributed by atoms with Crippen LogP contribution in [0.25, 0.3) is 16.8 Å². The van der Waals surface area contributed by atoms with Crippen LogP contribution in [-0.2, 0) is 11.4 Å². The van der Waals surface area contributed by atoms with Crippen molar-refractivity contribution in [2.45, 2.75) is 25.9 Å². The Kier molecular flexibility index (Phi) is 6.29. The van der Waals surface area contributed by atoms with Gasteiger partial charge in [-0.1, -0.05) is 60.7 Å². The summed E-state index contributed by atoms with van der Waals surface area (Å²) in [6.45, 7) is 0.495. The molecule has 3 aromatic carbocycles. The molecule has 2 bridgehead atoms. The first-order chi connectivity index (χ1) is 14.7. The van der Waals surface area contributed by atoms with Crippen molar-refractivity contribution in [1.82, 2.24) is 0 Å². The molecule has 0 aliphatic heterocycles. The van der Waals surface area contributed by atoms with Gasteiger partial charge in [0.25, 0.3) is 0 Å². The quantitative estimate of drug-likeness (QED) is 0.395. The van der Waals surface area contributed by atoms with E-state index in [1.807, 2.05) is 36.4 Å². The highest BCUT2D eigenvalue weighted by molar-refractivity contribution is 5.85. The lowest BCUT2D eigenvalue weighted by molar-refractivity contribution is -0.131. The number of carboxylic acid groups (broad SMARTS) is 1. The minimum atomic E-state index is -0.957. The molecule has 2 atom stereocenters. The molecule has 2 aliphatic carbocycles. The van der Waals surface area contributed by atoms with Gasteiger partial charge in [-0.3, -0.25) is 0 Å². The molecule has 0 spiro atoms. The van der Waals surface area contributed by atoms with Crippen LogP contribution < -0.4 is 4.74 Å². The topological polar surface area (TPSA) is 46.5 Å². The van der Waals surface area contributed by atoms with Crippen molar-refractivity contribution in [3.63, 3.8) is 0 Å². The van der Waals surface area contributed by atoms with E-state index in [1.165, 1.54) is 30.0 Å². The molecule has 5 rings (SSSR count). The first kappa shape index (κ1) is 20.0. The largest absolute Gasteiger partial charge is 0.489 e. The molecule has 3 nitrogen and oxygen atoms in total. The average molecular weight is 399 g/mol. The molecule has 2 aliphatic rings. The van der Waals surface area contributed by atoms with E-state index in [4.69, 9.17) is 9.84 Å². The number of benzene rings is 3. The second-order valence-corrected chi connectivity index (χ2v) is 7.93. The van der Waals surface area contributed by atoms with E-state index in [-0.39, 0.29) is 0 Å². The number of fused-ring (bicyclic) bond motifs is 3. The smallest absolute Gasteiger partial charge is 0.328 e. The molecule has 0 saturated heterocycles. The molecular weight excluding hydrogens is 372 g/mol. The van der Waals surface area contributed by atoms with E-state index in [9.17, 15) is 4.79 Å². The summed E-state index contributed by atoms with van der Waals surface area (Å²) in [5, 5.41) is 11.0. The third kappa shape index (κ3) is 5.38. The van der Waals surface area contributed by atoms with E-state index in [2.05, 4.69) is 42.5 Å². The normalized spacial score (nSPS) is 19.1. The van der Waals surface area contributed by atoms with Crippen molar-refractivity contribution in [3.05, 3.63) is 96.1 Å². The van der Waals surface area contributed by atoms with E-state index >= 15 is 0 Å². The predicted molar refractivity (Wildman–Crippen MR) is 121 cm³/mol. The van der Waals surface area contributed by atoms with Crippen LogP contribution in [0.3, 0.4) is 0 Å². The first-order valence-electron chi connectivity index (χ1n) is 10.5. The SMILES string of the molecule is C1=CC2CCC1C2.O=C(O)C=Cc1ccc(OCc2ccc3ccccc3c2)cc1. The molecule has 152 valence electrons. The Hall–Kier alpha value is -3.33. The summed E-state index contributed by atoms with van der Waals surface area (Å²) in [6.07, 6.45) is 11.9. The standard InChI is InChI=1S/C20H16O3.C7H10/c21-20(22)12-8-15-6-10-19(11-7-15)23-14-16-5-9-17-3-1-2-4-18(17)13-16;1-2-7-4-3-6(1)5-7/h1-13H,14H2,(H,21,22);1-2,6-7H,3-5H2. The Morgan fingerprint density at radius 1 is 0.933 bits per heavy atom. The van der Waals surface area contributed by atoms with Gasteiger partial charge in [-0.25, -0.2) is 4.79 Å². The highest BCUT2D eigenvalue weighted by atomic mass is 16.5. The van der Waals surface area contributed by atoms with E-state index < -0.39 is 5.97 Å². The van der Waals surface area contributed by atoms with Gasteiger partial charge in [0.05, 0.1) is 0 Å². The van der Waals surface area contributed by atoms with Gasteiger partial charge in [0.2, 0.25) is 0 Å². The Labute approximate surface area is 177 Å². The van der Waals surface area contributed by atoms with Crippen LogP contribution in [-0.4, -0.2) is 11.1 Å². The second-order valence-electron chi connectivity index (χ2n) is 7.93. The van der Waals surface area contributed by atoms with Gasteiger partial charge in [0.1, 0.15) is 12.4 Å². The second kappa shape index (κ2) is 9.45. The minimum Gasteiger partial charge on any atom is -0.489 e. The number of rotatable bonds is 5. The van der Waals surface area contributed by atoms with Gasteiger partial charge < -0.3 is 9.84 Å². The molecule has 1 N–H and O–H groups in total. The van der Waals surface area contributed by atoms with Gasteiger partial charge in [-0.2, -0.15) is 0 Å². The molecule has 0 aromatic heterocycles. The number of carboxylic acids is 1. The maximum Gasteiger partial charge on any atom is 0.328 e. The summed E-state index contributed by atoms with van der Waals surface area (Å²) in [4.78, 5) is 10.5. The Morgan fingerprint density at radius 3 is 2.23 bits per heavy atom. The van der Waals surface area contributed by atoms with Crippen molar-refractivity contribution < 1.29 is 14.6 Å². The van der Waals surface area contributed by atoms with Crippen molar-refractivity contribution in [2.24, 2.45) is 11.8 Å². The van der Waals surface area contributed by atoms with E-state index in [0.29, 0.717) is 6.61 Å². The maximum atomic E-state index is 10.5. The number of ether oxygens (including phenoxy) is 1. The van der Waals surface area contributed by atoms with Crippen LogP contribution in [0.5, 0.6) is 5.75 Å². The fourth-order valence-corrected chi connectivity index (χ4v) is 4.05. The van der Waals surface area contributed by atoms with Crippen molar-refractivity contribution in [2.75, 3.05) is 0 Å². The molecule has 0 heterocycles. The molecule has 3 heteroatoms. The summed E-state index contributed by atoms with van der Waals surface area (Å²) in [7, 11) is 0. The molecule has 3 aromatic rings. The van der Waals surface area contributed by atoms with Crippen LogP contribution in [0.1, 0.15) is 30.4 Å². The average Bonchev–Trinajstić information content (AvgIpc) is 3.43. The van der Waals surface area contributed by atoms with E-state index in [0.717, 1.165) is 34.8 Å². The van der Waals surface area contributed by atoms with Crippen LogP contribution >= 0.6 is 0 Å². The Balaban J connectivity index is 0.000000259. The van der Waals surface area contributed by atoms with Gasteiger partial charge in [0.15, 0.2) is 0 Å². The van der Waals surface area contributed by atoms with Crippen LogP contribution in [0, 0.1) is 11.8 Å². The van der Waals surface area contributed by atoms with Crippen molar-refractivity contribution in [3.8, 4) is 5.75 Å². The number of carbonyl (C=O) groups is 1. The summed E-state index contributed by atoms with van der Waals surface area (Å²) in [5.41, 5.74) is 1.93. The number of aliphatic carboxylic acids is 1. The van der Waals surface area contributed by atoms with Gasteiger partial charge in [-0.15, -0.1) is 0 Å². The Morgan fingerprint density at radius 2 is 1.63 bits per heavy atom. The van der Waals surface area contributed by atoms with Crippen molar-refractivity contribution in [1.29, 1.82) is 0 Å². The third-order valence-corrected chi connectivity index (χ3v) is 5.69. The van der Waals surface area contributed by atoms with E-state index in [1.54, 1.807) is 6.08 Å². The molecule has 0 radical (unpaired) electrons. The lowest BCUT2D eigenvalue weighted by Crippen LogP contribution is -1.95. The summed E-state index contributed by atoms with van der Waals surface area (Å²) >= 11 is 0. The lowest BCUT2D eigenvalue weighted by Gasteiger charge is -2.07. The summed E-state index contributed by atoms with van der Waals surface area (Å²) in [5.74, 6) is 1.78. The highest BCUT2D eigenvalue weighted by Gasteiger charge is 2.25. The zero-order chi connectivity index (χ0) is 20.8. The maximum absolute atomic E-state index is 10.5. The third-order valence-electron chi connectivity index (χ3n) is 5.69. The zero-order valence-corrected chi connectivity index (χ0v) is 16.9. The van der Waals surface area contributed by atoms with Crippen LogP contribution in [0.2, 0.25) is 0 Å². The number of hydrogen-bond acceptors (Lipinski definition) is 2. The molecule has 1 saturated carbocycles. The monoisotopic (exact) mass is 398 g/mol. The van der Waals surface area contributed by atoms with Gasteiger partial charge in [0, 0.05) is 6.08 Å². The summed E-state index contributed by atoms with van der Waals surface area (Å²) < 4.78 is 5.78. The first-order valence-corrected chi connectivity index (χ1v) is 10.5. The number of allylic oxidation sites excluding steroid dienone is 2. The lowest BCUT2D eigenvalue weighted by atomic mass is 10.1. The van der Waals surface area contributed by atoms with Crippen LogP contribution in [0.15, 0.2) is 85.0 Å². The minimum absolute atomic E-state index is 0.495. The summed E-state index contributed by atoms with van der Waals surface area (Å²) in [6, 6.07) is 21.8. The fourth-order valence-electron chi connectivity index (χ4n) is 4.05. The molecule has 1 fully saturated rings. The molecule has 0 amide bonds. The fraction of sp³-hybridized carbons (Fsp3) is 0.222. The highest BCUT2D eigenvalue weighted by Crippen LogP contribution is 2.38.